The Balaban J connectivity index is 0.00000484. The second-order valence-electron chi connectivity index (χ2n) is 5.94. The van der Waals surface area contributed by atoms with Crippen LogP contribution >= 0.6 is 12.4 Å². The smallest absolute Gasteiger partial charge is 0.242 e. The zero-order chi connectivity index (χ0) is 16.8. The van der Waals surface area contributed by atoms with Crippen molar-refractivity contribution in [1.82, 2.24) is 4.31 Å². The van der Waals surface area contributed by atoms with Gasteiger partial charge in [0.05, 0.1) is 11.5 Å². The maximum Gasteiger partial charge on any atom is 0.242 e. The lowest BCUT2D eigenvalue weighted by molar-refractivity contribution is 0.146. The first-order valence-corrected chi connectivity index (χ1v) is 8.55. The van der Waals surface area contributed by atoms with Crippen LogP contribution in [-0.2, 0) is 14.8 Å². The molecule has 1 aromatic carbocycles. The molecule has 1 aromatic rings. The maximum atomic E-state index is 12.5. The largest absolute Gasteiger partial charge is 0.491 e. The molecule has 2 N–H and O–H groups in total. The number of halogens is 1. The quantitative estimate of drug-likeness (QED) is 0.673. The van der Waals surface area contributed by atoms with Gasteiger partial charge in [0.1, 0.15) is 12.4 Å². The number of nitrogens with two attached hydrogens (primary N) is 1. The molecule has 8 heteroatoms. The van der Waals surface area contributed by atoms with E-state index in [9.17, 15) is 8.42 Å². The topological polar surface area (TPSA) is 81.9 Å². The lowest BCUT2D eigenvalue weighted by Crippen LogP contribution is -2.39. The molecule has 0 aliphatic heterocycles. The molecule has 0 saturated carbocycles. The van der Waals surface area contributed by atoms with Crippen molar-refractivity contribution in [2.75, 3.05) is 40.5 Å². The van der Waals surface area contributed by atoms with E-state index in [4.69, 9.17) is 15.2 Å². The zero-order valence-corrected chi connectivity index (χ0v) is 15.7. The highest BCUT2D eigenvalue weighted by Gasteiger charge is 2.27. The Hall–Kier alpha value is -0.860. The van der Waals surface area contributed by atoms with Crippen LogP contribution in [0.5, 0.6) is 5.75 Å². The third kappa shape index (κ3) is 6.64. The lowest BCUT2D eigenvalue weighted by atomic mass is 9.94. The van der Waals surface area contributed by atoms with Gasteiger partial charge in [-0.2, -0.15) is 0 Å². The number of hydrogen-bond donors (Lipinski definition) is 1. The van der Waals surface area contributed by atoms with Crippen molar-refractivity contribution < 1.29 is 17.9 Å². The summed E-state index contributed by atoms with van der Waals surface area (Å²) in [6, 6.07) is 6.38. The second-order valence-corrected chi connectivity index (χ2v) is 7.99. The van der Waals surface area contributed by atoms with Crippen molar-refractivity contribution in [3.63, 3.8) is 0 Å². The average molecular weight is 367 g/mol. The van der Waals surface area contributed by atoms with Crippen LogP contribution in [0.25, 0.3) is 0 Å². The predicted octanol–water partition coefficient (Wildman–Crippen LogP) is 1.74. The third-order valence-corrected chi connectivity index (χ3v) is 5.11. The van der Waals surface area contributed by atoms with Crippen molar-refractivity contribution >= 4 is 22.4 Å². The molecule has 0 spiro atoms. The highest BCUT2D eigenvalue weighted by Crippen LogP contribution is 2.22. The van der Waals surface area contributed by atoms with E-state index < -0.39 is 10.0 Å². The standard InChI is InChI=1S/C15H26N2O4S.ClH/c1-15(2,11-16)12-17(3)22(18,19)14-7-5-13(6-8-14)21-10-9-20-4;/h5-8H,9-12,16H2,1-4H3;1H. The minimum absolute atomic E-state index is 0. The predicted molar refractivity (Wildman–Crippen MR) is 93.7 cm³/mol. The minimum Gasteiger partial charge on any atom is -0.491 e. The number of benzene rings is 1. The fourth-order valence-electron chi connectivity index (χ4n) is 1.88. The molecule has 0 unspecified atom stereocenters. The molecule has 0 aliphatic rings. The number of nitrogens with zero attached hydrogens (tertiary/aromatic N) is 1. The summed E-state index contributed by atoms with van der Waals surface area (Å²) in [5.41, 5.74) is 5.39. The second kappa shape index (κ2) is 9.44. The summed E-state index contributed by atoms with van der Waals surface area (Å²) < 4.78 is 36.7. The van der Waals surface area contributed by atoms with Crippen LogP contribution < -0.4 is 10.5 Å². The number of ether oxygens (including phenoxy) is 2. The van der Waals surface area contributed by atoms with Gasteiger partial charge in [0.25, 0.3) is 0 Å². The molecule has 0 aliphatic carbocycles. The van der Waals surface area contributed by atoms with E-state index in [-0.39, 0.29) is 22.7 Å². The van der Waals surface area contributed by atoms with Crippen molar-refractivity contribution in [2.24, 2.45) is 11.1 Å². The molecular weight excluding hydrogens is 340 g/mol. The number of sulfonamides is 1. The van der Waals surface area contributed by atoms with Gasteiger partial charge in [0.15, 0.2) is 0 Å². The Morgan fingerprint density at radius 2 is 1.74 bits per heavy atom. The summed E-state index contributed by atoms with van der Waals surface area (Å²) in [6.07, 6.45) is 0. The molecule has 0 amide bonds. The molecule has 0 bridgehead atoms. The van der Waals surface area contributed by atoms with Gasteiger partial charge in [0.2, 0.25) is 10.0 Å². The summed E-state index contributed by atoms with van der Waals surface area (Å²) in [5, 5.41) is 0. The minimum atomic E-state index is -3.53. The Morgan fingerprint density at radius 1 is 1.17 bits per heavy atom. The van der Waals surface area contributed by atoms with Crippen molar-refractivity contribution in [1.29, 1.82) is 0 Å². The van der Waals surface area contributed by atoms with E-state index in [2.05, 4.69) is 0 Å². The van der Waals surface area contributed by atoms with Gasteiger partial charge >= 0.3 is 0 Å². The molecule has 1 rings (SSSR count). The molecule has 0 saturated heterocycles. The van der Waals surface area contributed by atoms with E-state index in [0.717, 1.165) is 0 Å². The van der Waals surface area contributed by atoms with Gasteiger partial charge in [-0.1, -0.05) is 13.8 Å². The van der Waals surface area contributed by atoms with Crippen molar-refractivity contribution in [2.45, 2.75) is 18.7 Å². The van der Waals surface area contributed by atoms with Gasteiger partial charge in [0, 0.05) is 20.7 Å². The van der Waals surface area contributed by atoms with Crippen molar-refractivity contribution in [3.05, 3.63) is 24.3 Å². The molecule has 0 radical (unpaired) electrons. The van der Waals surface area contributed by atoms with Gasteiger partial charge in [-0.15, -0.1) is 12.4 Å². The first-order chi connectivity index (χ1) is 10.2. The van der Waals surface area contributed by atoms with Gasteiger partial charge < -0.3 is 15.2 Å². The Bertz CT molecular complexity index is 561. The fraction of sp³-hybridized carbons (Fsp3) is 0.600. The number of rotatable bonds is 9. The van der Waals surface area contributed by atoms with Gasteiger partial charge in [-0.3, -0.25) is 0 Å². The maximum absolute atomic E-state index is 12.5. The Morgan fingerprint density at radius 3 is 2.22 bits per heavy atom. The third-order valence-electron chi connectivity index (χ3n) is 3.29. The fourth-order valence-corrected chi connectivity index (χ4v) is 3.24. The normalized spacial score (nSPS) is 12.1. The van der Waals surface area contributed by atoms with E-state index in [1.807, 2.05) is 13.8 Å². The molecule has 0 atom stereocenters. The zero-order valence-electron chi connectivity index (χ0n) is 14.1. The van der Waals surface area contributed by atoms with Crippen molar-refractivity contribution in [3.8, 4) is 5.75 Å². The summed E-state index contributed by atoms with van der Waals surface area (Å²) in [4.78, 5) is 0.238. The van der Waals surface area contributed by atoms with Crippen LogP contribution in [0.4, 0.5) is 0 Å². The van der Waals surface area contributed by atoms with Gasteiger partial charge in [-0.05, 0) is 36.2 Å². The molecule has 23 heavy (non-hydrogen) atoms. The molecule has 0 heterocycles. The van der Waals surface area contributed by atoms with E-state index in [1.165, 1.54) is 4.31 Å². The van der Waals surface area contributed by atoms with Gasteiger partial charge in [-0.25, -0.2) is 12.7 Å². The Kier molecular flexibility index (Phi) is 9.09. The number of hydrogen-bond acceptors (Lipinski definition) is 5. The van der Waals surface area contributed by atoms with Crippen LogP contribution in [0, 0.1) is 5.41 Å². The highest BCUT2D eigenvalue weighted by molar-refractivity contribution is 7.89. The monoisotopic (exact) mass is 366 g/mol. The van der Waals surface area contributed by atoms with Crippen LogP contribution in [0.1, 0.15) is 13.8 Å². The average Bonchev–Trinajstić information content (AvgIpc) is 2.47. The Labute approximate surface area is 145 Å². The summed E-state index contributed by atoms with van der Waals surface area (Å²) in [6.45, 7) is 5.55. The van der Waals surface area contributed by atoms with Crippen LogP contribution in [-0.4, -0.2) is 53.2 Å². The summed E-state index contributed by atoms with van der Waals surface area (Å²) in [7, 11) is -0.367. The summed E-state index contributed by atoms with van der Waals surface area (Å²) in [5.74, 6) is 0.612. The number of methoxy groups -OCH3 is 1. The molecule has 6 nitrogen and oxygen atoms in total. The first-order valence-electron chi connectivity index (χ1n) is 7.11. The highest BCUT2D eigenvalue weighted by atomic mass is 35.5. The van der Waals surface area contributed by atoms with Crippen LogP contribution in [0.2, 0.25) is 0 Å². The molecule has 0 fully saturated rings. The summed E-state index contributed by atoms with van der Waals surface area (Å²) >= 11 is 0. The van der Waals surface area contributed by atoms with E-state index in [0.29, 0.717) is 32.1 Å². The SMILES string of the molecule is COCCOc1ccc(S(=O)(=O)N(C)CC(C)(C)CN)cc1.Cl. The van der Waals surface area contributed by atoms with Crippen LogP contribution in [0.3, 0.4) is 0 Å². The van der Waals surface area contributed by atoms with E-state index in [1.54, 1.807) is 38.4 Å². The van der Waals surface area contributed by atoms with Crippen LogP contribution in [0.15, 0.2) is 29.2 Å². The molecular formula is C15H27ClN2O4S. The lowest BCUT2D eigenvalue weighted by Gasteiger charge is -2.28. The molecule has 0 aromatic heterocycles. The first kappa shape index (κ1) is 22.1. The van der Waals surface area contributed by atoms with E-state index >= 15 is 0 Å². The molecule has 134 valence electrons.